The van der Waals surface area contributed by atoms with Gasteiger partial charge >= 0.3 is 5.97 Å². The van der Waals surface area contributed by atoms with Crippen LogP contribution in [0.1, 0.15) is 43.5 Å². The van der Waals surface area contributed by atoms with Gasteiger partial charge in [-0.05, 0) is 54.7 Å². The van der Waals surface area contributed by atoms with Crippen LogP contribution in [0.15, 0.2) is 54.6 Å². The quantitative estimate of drug-likeness (QED) is 0.744. The molecule has 1 N–H and O–H groups in total. The zero-order valence-electron chi connectivity index (χ0n) is 16.4. The molecule has 1 fully saturated rings. The molecule has 5 heteroatoms. The van der Waals surface area contributed by atoms with Gasteiger partial charge in [0.25, 0.3) is 5.91 Å². The summed E-state index contributed by atoms with van der Waals surface area (Å²) in [6, 6.07) is 16.2. The zero-order chi connectivity index (χ0) is 19.9. The van der Waals surface area contributed by atoms with Crippen LogP contribution in [-0.2, 0) is 9.53 Å². The number of carbonyl (C=O) groups excluding carboxylic acids is 2. The molecule has 3 atom stereocenters. The summed E-state index contributed by atoms with van der Waals surface area (Å²) < 4.78 is 10.9. The average Bonchev–Trinajstić information content (AvgIpc) is 2.71. The van der Waals surface area contributed by atoms with Gasteiger partial charge in [-0.2, -0.15) is 0 Å². The topological polar surface area (TPSA) is 64.6 Å². The average molecular weight is 381 g/mol. The molecule has 1 aliphatic carbocycles. The highest BCUT2D eigenvalue weighted by Gasteiger charge is 2.28. The lowest BCUT2D eigenvalue weighted by atomic mass is 9.78. The SMILES string of the molecule is C[C@@H]1[C@H](C)CCC[C@H]1NC(=O)COC(=O)c1ccc(Oc2ccccc2)cc1. The number of hydrogen-bond donors (Lipinski definition) is 1. The molecule has 0 heterocycles. The first-order valence-corrected chi connectivity index (χ1v) is 9.82. The first-order chi connectivity index (χ1) is 13.5. The first-order valence-electron chi connectivity index (χ1n) is 9.82. The van der Waals surface area contributed by atoms with Crippen molar-refractivity contribution < 1.29 is 19.1 Å². The van der Waals surface area contributed by atoms with E-state index in [1.165, 1.54) is 6.42 Å². The Labute approximate surface area is 166 Å². The highest BCUT2D eigenvalue weighted by molar-refractivity contribution is 5.91. The lowest BCUT2D eigenvalue weighted by molar-refractivity contribution is -0.125. The second-order valence-electron chi connectivity index (χ2n) is 7.46. The van der Waals surface area contributed by atoms with Gasteiger partial charge < -0.3 is 14.8 Å². The van der Waals surface area contributed by atoms with Crippen molar-refractivity contribution in [2.24, 2.45) is 11.8 Å². The highest BCUT2D eigenvalue weighted by atomic mass is 16.5. The van der Waals surface area contributed by atoms with Crippen LogP contribution in [0.2, 0.25) is 0 Å². The van der Waals surface area contributed by atoms with E-state index >= 15 is 0 Å². The second-order valence-corrected chi connectivity index (χ2v) is 7.46. The molecule has 0 bridgehead atoms. The Balaban J connectivity index is 1.47. The molecule has 2 aromatic rings. The molecule has 3 rings (SSSR count). The van der Waals surface area contributed by atoms with E-state index in [9.17, 15) is 9.59 Å². The summed E-state index contributed by atoms with van der Waals surface area (Å²) in [6.45, 7) is 4.12. The summed E-state index contributed by atoms with van der Waals surface area (Å²) >= 11 is 0. The predicted octanol–water partition coefficient (Wildman–Crippen LogP) is 4.58. The van der Waals surface area contributed by atoms with E-state index in [4.69, 9.17) is 9.47 Å². The molecule has 0 aromatic heterocycles. The molecule has 2 aromatic carbocycles. The van der Waals surface area contributed by atoms with Crippen LogP contribution in [0.4, 0.5) is 0 Å². The number of amides is 1. The lowest BCUT2D eigenvalue weighted by Gasteiger charge is -2.34. The third kappa shape index (κ3) is 5.35. The number of carbonyl (C=O) groups is 2. The summed E-state index contributed by atoms with van der Waals surface area (Å²) in [4.78, 5) is 24.3. The largest absolute Gasteiger partial charge is 0.457 e. The van der Waals surface area contributed by atoms with Gasteiger partial charge in [0, 0.05) is 6.04 Å². The molecule has 0 saturated heterocycles. The summed E-state index contributed by atoms with van der Waals surface area (Å²) in [6.07, 6.45) is 3.30. The van der Waals surface area contributed by atoms with Crippen molar-refractivity contribution in [3.05, 3.63) is 60.2 Å². The number of esters is 1. The fourth-order valence-electron chi connectivity index (χ4n) is 3.53. The smallest absolute Gasteiger partial charge is 0.338 e. The third-order valence-corrected chi connectivity index (χ3v) is 5.46. The van der Waals surface area contributed by atoms with Crippen LogP contribution in [-0.4, -0.2) is 24.5 Å². The maximum atomic E-state index is 12.2. The lowest BCUT2D eigenvalue weighted by Crippen LogP contribution is -2.45. The minimum absolute atomic E-state index is 0.157. The molecule has 0 unspecified atom stereocenters. The maximum absolute atomic E-state index is 12.2. The minimum atomic E-state index is -0.522. The van der Waals surface area contributed by atoms with Crippen molar-refractivity contribution in [2.45, 2.75) is 39.2 Å². The van der Waals surface area contributed by atoms with Crippen molar-refractivity contribution >= 4 is 11.9 Å². The Morgan fingerprint density at radius 2 is 1.64 bits per heavy atom. The normalized spacial score (nSPS) is 21.6. The monoisotopic (exact) mass is 381 g/mol. The Hall–Kier alpha value is -2.82. The molecule has 148 valence electrons. The van der Waals surface area contributed by atoms with E-state index in [2.05, 4.69) is 19.2 Å². The molecule has 1 amide bonds. The van der Waals surface area contributed by atoms with Crippen molar-refractivity contribution in [1.82, 2.24) is 5.32 Å². The van der Waals surface area contributed by atoms with Crippen LogP contribution in [0.3, 0.4) is 0 Å². The Morgan fingerprint density at radius 3 is 2.36 bits per heavy atom. The van der Waals surface area contributed by atoms with E-state index in [1.807, 2.05) is 30.3 Å². The molecule has 0 radical (unpaired) electrons. The Bertz CT molecular complexity index is 788. The number of benzene rings is 2. The molecular weight excluding hydrogens is 354 g/mol. The fourth-order valence-corrected chi connectivity index (χ4v) is 3.53. The zero-order valence-corrected chi connectivity index (χ0v) is 16.4. The predicted molar refractivity (Wildman–Crippen MR) is 107 cm³/mol. The van der Waals surface area contributed by atoms with E-state index in [-0.39, 0.29) is 18.6 Å². The number of hydrogen-bond acceptors (Lipinski definition) is 4. The van der Waals surface area contributed by atoms with Gasteiger partial charge in [-0.25, -0.2) is 4.79 Å². The fraction of sp³-hybridized carbons (Fsp3) is 0.391. The molecular formula is C23H27NO4. The van der Waals surface area contributed by atoms with Crippen LogP contribution in [0.25, 0.3) is 0 Å². The van der Waals surface area contributed by atoms with Crippen LogP contribution >= 0.6 is 0 Å². The Morgan fingerprint density at radius 1 is 0.964 bits per heavy atom. The van der Waals surface area contributed by atoms with Gasteiger partial charge in [0.05, 0.1) is 5.56 Å². The number of ether oxygens (including phenoxy) is 2. The van der Waals surface area contributed by atoms with Crippen molar-refractivity contribution in [3.8, 4) is 11.5 Å². The molecule has 1 saturated carbocycles. The second kappa shape index (κ2) is 9.40. The van der Waals surface area contributed by atoms with Crippen molar-refractivity contribution in [3.63, 3.8) is 0 Å². The summed E-state index contributed by atoms with van der Waals surface area (Å²) in [5, 5.41) is 3.01. The van der Waals surface area contributed by atoms with Gasteiger partial charge in [0.2, 0.25) is 0 Å². The van der Waals surface area contributed by atoms with Gasteiger partial charge in [0.1, 0.15) is 11.5 Å². The van der Waals surface area contributed by atoms with Crippen LogP contribution < -0.4 is 10.1 Å². The van der Waals surface area contributed by atoms with E-state index in [1.54, 1.807) is 24.3 Å². The van der Waals surface area contributed by atoms with Gasteiger partial charge in [-0.3, -0.25) is 4.79 Å². The number of rotatable bonds is 6. The van der Waals surface area contributed by atoms with E-state index in [0.717, 1.165) is 18.6 Å². The van der Waals surface area contributed by atoms with Crippen molar-refractivity contribution in [2.75, 3.05) is 6.61 Å². The molecule has 1 aliphatic rings. The van der Waals surface area contributed by atoms with E-state index in [0.29, 0.717) is 23.1 Å². The maximum Gasteiger partial charge on any atom is 0.338 e. The van der Waals surface area contributed by atoms with Crippen LogP contribution in [0, 0.1) is 11.8 Å². The summed E-state index contributed by atoms with van der Waals surface area (Å²) in [7, 11) is 0. The number of para-hydroxylation sites is 1. The molecule has 28 heavy (non-hydrogen) atoms. The number of nitrogens with one attached hydrogen (secondary N) is 1. The molecule has 0 aliphatic heterocycles. The van der Waals surface area contributed by atoms with Crippen LogP contribution in [0.5, 0.6) is 11.5 Å². The van der Waals surface area contributed by atoms with E-state index < -0.39 is 5.97 Å². The minimum Gasteiger partial charge on any atom is -0.457 e. The standard InChI is InChI=1S/C23H27NO4/c1-16-7-6-10-21(17(16)2)24-22(25)15-27-23(26)18-11-13-20(14-12-18)28-19-8-4-3-5-9-19/h3-5,8-9,11-14,16-17,21H,6-7,10,15H2,1-2H3,(H,24,25)/t16-,17-,21-/m1/s1. The third-order valence-electron chi connectivity index (χ3n) is 5.46. The van der Waals surface area contributed by atoms with Gasteiger partial charge in [-0.15, -0.1) is 0 Å². The highest BCUT2D eigenvalue weighted by Crippen LogP contribution is 2.29. The van der Waals surface area contributed by atoms with Crippen molar-refractivity contribution in [1.29, 1.82) is 0 Å². The molecule has 5 nitrogen and oxygen atoms in total. The summed E-state index contributed by atoms with van der Waals surface area (Å²) in [5.74, 6) is 1.61. The van der Waals surface area contributed by atoms with Gasteiger partial charge in [0.15, 0.2) is 6.61 Å². The Kier molecular flexibility index (Phi) is 6.69. The molecule has 0 spiro atoms. The van der Waals surface area contributed by atoms with Gasteiger partial charge in [-0.1, -0.05) is 44.9 Å². The summed E-state index contributed by atoms with van der Waals surface area (Å²) in [5.41, 5.74) is 0.382. The first kappa shape index (κ1) is 19.9.